The van der Waals surface area contributed by atoms with Gasteiger partial charge in [0.2, 0.25) is 0 Å². The number of ether oxygens (including phenoxy) is 1. The first-order valence-corrected chi connectivity index (χ1v) is 5.09. The van der Waals surface area contributed by atoms with Crippen molar-refractivity contribution in [3.05, 3.63) is 28.0 Å². The van der Waals surface area contributed by atoms with Gasteiger partial charge in [-0.2, -0.15) is 0 Å². The van der Waals surface area contributed by atoms with Gasteiger partial charge in [-0.25, -0.2) is 4.39 Å². The lowest BCUT2D eigenvalue weighted by molar-refractivity contribution is 0.237. The van der Waals surface area contributed by atoms with E-state index in [0.29, 0.717) is 10.2 Å². The maximum Gasteiger partial charge on any atom is 0.134 e. The molecule has 1 aromatic rings. The zero-order valence-corrected chi connectivity index (χ0v) is 9.64. The van der Waals surface area contributed by atoms with E-state index in [4.69, 9.17) is 9.84 Å². The Hall–Kier alpha value is -0.610. The summed E-state index contributed by atoms with van der Waals surface area (Å²) in [6, 6.07) is 2.79. The third-order valence-electron chi connectivity index (χ3n) is 1.63. The Kier molecular flexibility index (Phi) is 3.89. The molecule has 2 nitrogen and oxygen atoms in total. The first-order valence-electron chi connectivity index (χ1n) is 4.30. The van der Waals surface area contributed by atoms with Crippen molar-refractivity contribution in [2.75, 3.05) is 0 Å². The highest BCUT2D eigenvalue weighted by Gasteiger charge is 2.09. The lowest BCUT2D eigenvalue weighted by Gasteiger charge is -2.12. The summed E-state index contributed by atoms with van der Waals surface area (Å²) < 4.78 is 19.1. The van der Waals surface area contributed by atoms with Crippen molar-refractivity contribution in [1.29, 1.82) is 0 Å². The van der Waals surface area contributed by atoms with E-state index in [0.717, 1.165) is 0 Å². The van der Waals surface area contributed by atoms with Crippen molar-refractivity contribution < 1.29 is 14.2 Å². The second kappa shape index (κ2) is 4.75. The molecule has 0 saturated carbocycles. The maximum atomic E-state index is 13.1. The molecule has 0 spiro atoms. The Morgan fingerprint density at radius 2 is 2.14 bits per heavy atom. The number of rotatable bonds is 3. The van der Waals surface area contributed by atoms with Crippen LogP contribution in [0.3, 0.4) is 0 Å². The Labute approximate surface area is 90.8 Å². The van der Waals surface area contributed by atoms with Crippen molar-refractivity contribution in [2.24, 2.45) is 0 Å². The molecule has 0 radical (unpaired) electrons. The third-order valence-corrected chi connectivity index (χ3v) is 2.25. The quantitative estimate of drug-likeness (QED) is 0.908. The van der Waals surface area contributed by atoms with Gasteiger partial charge in [0, 0.05) is 5.56 Å². The molecule has 0 heterocycles. The predicted molar refractivity (Wildman–Crippen MR) is 55.8 cm³/mol. The van der Waals surface area contributed by atoms with Crippen LogP contribution in [0.1, 0.15) is 19.4 Å². The van der Waals surface area contributed by atoms with Crippen LogP contribution in [-0.4, -0.2) is 11.2 Å². The second-order valence-corrected chi connectivity index (χ2v) is 4.05. The normalized spacial score (nSPS) is 10.7. The summed E-state index contributed by atoms with van der Waals surface area (Å²) in [5.41, 5.74) is 0.240. The Bertz CT molecular complexity index is 326. The largest absolute Gasteiger partial charge is 0.490 e. The molecule has 0 aromatic heterocycles. The van der Waals surface area contributed by atoms with Gasteiger partial charge in [-0.3, -0.25) is 0 Å². The molecule has 0 amide bonds. The Morgan fingerprint density at radius 3 is 2.64 bits per heavy atom. The fraction of sp³-hybridized carbons (Fsp3) is 0.400. The van der Waals surface area contributed by atoms with Crippen molar-refractivity contribution in [1.82, 2.24) is 0 Å². The molecule has 0 aliphatic carbocycles. The minimum Gasteiger partial charge on any atom is -0.490 e. The highest BCUT2D eigenvalue weighted by molar-refractivity contribution is 9.10. The van der Waals surface area contributed by atoms with Crippen LogP contribution in [0.4, 0.5) is 4.39 Å². The lowest BCUT2D eigenvalue weighted by atomic mass is 10.2. The SMILES string of the molecule is CC(C)Oc1cc(CO)c(F)cc1Br. The third kappa shape index (κ3) is 2.69. The van der Waals surface area contributed by atoms with Gasteiger partial charge in [0.15, 0.2) is 0 Å². The Morgan fingerprint density at radius 1 is 1.50 bits per heavy atom. The summed E-state index contributed by atoms with van der Waals surface area (Å²) >= 11 is 3.19. The molecule has 0 atom stereocenters. The van der Waals surface area contributed by atoms with Gasteiger partial charge in [0.1, 0.15) is 11.6 Å². The van der Waals surface area contributed by atoms with Crippen LogP contribution in [0.2, 0.25) is 0 Å². The molecule has 78 valence electrons. The lowest BCUT2D eigenvalue weighted by Crippen LogP contribution is -2.07. The van der Waals surface area contributed by atoms with E-state index >= 15 is 0 Å². The van der Waals surface area contributed by atoms with Crippen LogP contribution < -0.4 is 4.74 Å². The Balaban J connectivity index is 3.04. The molecule has 14 heavy (non-hydrogen) atoms. The first-order chi connectivity index (χ1) is 6.54. The van der Waals surface area contributed by atoms with Gasteiger partial charge in [0.05, 0.1) is 17.2 Å². The molecule has 1 aromatic carbocycles. The van der Waals surface area contributed by atoms with E-state index < -0.39 is 5.82 Å². The van der Waals surface area contributed by atoms with Crippen molar-refractivity contribution in [2.45, 2.75) is 26.6 Å². The summed E-state index contributed by atoms with van der Waals surface area (Å²) in [5.74, 6) is 0.112. The van der Waals surface area contributed by atoms with Gasteiger partial charge in [-0.05, 0) is 41.9 Å². The van der Waals surface area contributed by atoms with E-state index in [-0.39, 0.29) is 18.3 Å². The molecule has 0 saturated heterocycles. The topological polar surface area (TPSA) is 29.5 Å². The van der Waals surface area contributed by atoms with E-state index in [1.54, 1.807) is 0 Å². The fourth-order valence-corrected chi connectivity index (χ4v) is 1.45. The number of benzene rings is 1. The summed E-state index contributed by atoms with van der Waals surface area (Å²) in [6.07, 6.45) is 0.0169. The average molecular weight is 263 g/mol. The molecule has 4 heteroatoms. The minimum atomic E-state index is -0.435. The van der Waals surface area contributed by atoms with E-state index in [2.05, 4.69) is 15.9 Å². The molecule has 0 unspecified atom stereocenters. The summed E-state index contributed by atoms with van der Waals surface area (Å²) in [4.78, 5) is 0. The van der Waals surface area contributed by atoms with Crippen LogP contribution in [-0.2, 0) is 6.61 Å². The van der Waals surface area contributed by atoms with Gasteiger partial charge >= 0.3 is 0 Å². The molecule has 0 aliphatic rings. The number of aliphatic hydroxyl groups is 1. The van der Waals surface area contributed by atoms with Crippen LogP contribution in [0.15, 0.2) is 16.6 Å². The van der Waals surface area contributed by atoms with Gasteiger partial charge in [-0.1, -0.05) is 0 Å². The van der Waals surface area contributed by atoms with Crippen LogP contribution in [0.5, 0.6) is 5.75 Å². The van der Waals surface area contributed by atoms with E-state index in [1.165, 1.54) is 12.1 Å². The number of halogens is 2. The van der Waals surface area contributed by atoms with Gasteiger partial charge in [0.25, 0.3) is 0 Å². The molecule has 1 rings (SSSR count). The molecular formula is C10H12BrFO2. The first kappa shape index (κ1) is 11.5. The molecule has 1 N–H and O–H groups in total. The molecule has 0 fully saturated rings. The standard InChI is InChI=1S/C10H12BrFO2/c1-6(2)14-10-3-7(5-13)9(12)4-8(10)11/h3-4,6,13H,5H2,1-2H3. The van der Waals surface area contributed by atoms with Gasteiger partial charge in [-0.15, -0.1) is 0 Å². The number of aliphatic hydroxyl groups excluding tert-OH is 1. The molecule has 0 aliphatic heterocycles. The van der Waals surface area contributed by atoms with Crippen molar-refractivity contribution in [3.8, 4) is 5.75 Å². The van der Waals surface area contributed by atoms with Gasteiger partial charge < -0.3 is 9.84 Å². The number of hydrogen-bond acceptors (Lipinski definition) is 2. The average Bonchev–Trinajstić information content (AvgIpc) is 2.09. The molecular weight excluding hydrogens is 251 g/mol. The molecule has 0 bridgehead atoms. The monoisotopic (exact) mass is 262 g/mol. The minimum absolute atomic E-state index is 0.0169. The highest BCUT2D eigenvalue weighted by Crippen LogP contribution is 2.29. The van der Waals surface area contributed by atoms with E-state index in [1.807, 2.05) is 13.8 Å². The van der Waals surface area contributed by atoms with Crippen LogP contribution in [0, 0.1) is 5.82 Å². The van der Waals surface area contributed by atoms with Crippen molar-refractivity contribution in [3.63, 3.8) is 0 Å². The number of hydrogen-bond donors (Lipinski definition) is 1. The second-order valence-electron chi connectivity index (χ2n) is 3.20. The summed E-state index contributed by atoms with van der Waals surface area (Å²) in [6.45, 7) is 3.44. The predicted octanol–water partition coefficient (Wildman–Crippen LogP) is 2.87. The maximum absolute atomic E-state index is 13.1. The zero-order valence-electron chi connectivity index (χ0n) is 8.05. The smallest absolute Gasteiger partial charge is 0.134 e. The van der Waals surface area contributed by atoms with E-state index in [9.17, 15) is 4.39 Å². The zero-order chi connectivity index (χ0) is 10.7. The van der Waals surface area contributed by atoms with Crippen LogP contribution >= 0.6 is 15.9 Å². The summed E-state index contributed by atoms with van der Waals surface area (Å²) in [7, 11) is 0. The van der Waals surface area contributed by atoms with Crippen LogP contribution in [0.25, 0.3) is 0 Å². The highest BCUT2D eigenvalue weighted by atomic mass is 79.9. The summed E-state index contributed by atoms with van der Waals surface area (Å²) in [5, 5.41) is 8.86. The fourth-order valence-electron chi connectivity index (χ4n) is 1.04. The van der Waals surface area contributed by atoms with Crippen molar-refractivity contribution >= 4 is 15.9 Å².